The fraction of sp³-hybridized carbons (Fsp3) is 0.333. The van der Waals surface area contributed by atoms with Gasteiger partial charge in [0.05, 0.1) is 4.92 Å². The first-order chi connectivity index (χ1) is 7.74. The second-order valence-electron chi connectivity index (χ2n) is 3.98. The van der Waals surface area contributed by atoms with E-state index in [0.29, 0.717) is 0 Å². The maximum atomic E-state index is 11.1. The Morgan fingerprint density at radius 2 is 2.12 bits per heavy atom. The number of nitrogens with two attached hydrogens (primary N) is 2. The van der Waals surface area contributed by atoms with Gasteiger partial charge >= 0.3 is 5.69 Å². The molecule has 0 aliphatic carbocycles. The number of hydrogen-bond donors (Lipinski definition) is 3. The third-order valence-corrected chi connectivity index (χ3v) is 2.14. The van der Waals surface area contributed by atoms with E-state index < -0.39 is 16.4 Å². The zero-order valence-electron chi connectivity index (χ0n) is 9.43. The van der Waals surface area contributed by atoms with Crippen molar-refractivity contribution >= 4 is 23.2 Å². The van der Waals surface area contributed by atoms with Gasteiger partial charge in [-0.05, 0) is 19.9 Å². The lowest BCUT2D eigenvalue weighted by atomic mass is 10.1. The number of primary amides is 1. The van der Waals surface area contributed by atoms with E-state index in [9.17, 15) is 14.9 Å². The Labute approximate surface area is 97.2 Å². The van der Waals surface area contributed by atoms with E-state index >= 15 is 0 Å². The van der Waals surface area contributed by atoms with Gasteiger partial charge in [0, 0.05) is 6.07 Å². The number of rotatable bonds is 4. The van der Waals surface area contributed by atoms with Crippen molar-refractivity contribution in [3.05, 3.63) is 22.2 Å². The van der Waals surface area contributed by atoms with Gasteiger partial charge in [0.15, 0.2) is 0 Å². The average Bonchev–Trinajstić information content (AvgIpc) is 2.15. The zero-order valence-corrected chi connectivity index (χ0v) is 9.43. The van der Waals surface area contributed by atoms with Gasteiger partial charge in [-0.25, -0.2) is 4.98 Å². The Hall–Kier alpha value is -2.38. The van der Waals surface area contributed by atoms with Gasteiger partial charge in [0.25, 0.3) is 0 Å². The number of aromatic nitrogens is 1. The summed E-state index contributed by atoms with van der Waals surface area (Å²) in [6.07, 6.45) is 0. The molecule has 0 aromatic carbocycles. The molecule has 0 aliphatic rings. The highest BCUT2D eigenvalue weighted by molar-refractivity contribution is 5.87. The van der Waals surface area contributed by atoms with E-state index in [1.807, 2.05) is 0 Å². The number of carbonyl (C=O) groups is 1. The number of amides is 1. The van der Waals surface area contributed by atoms with E-state index in [0.717, 1.165) is 0 Å². The molecular formula is C9H13N5O3. The molecule has 1 rings (SSSR count). The molecule has 0 unspecified atom stereocenters. The van der Waals surface area contributed by atoms with Crippen molar-refractivity contribution in [1.29, 1.82) is 0 Å². The van der Waals surface area contributed by atoms with Crippen LogP contribution in [-0.2, 0) is 4.79 Å². The molecule has 0 bridgehead atoms. The van der Waals surface area contributed by atoms with Gasteiger partial charge < -0.3 is 16.8 Å². The van der Waals surface area contributed by atoms with Crippen molar-refractivity contribution in [3.63, 3.8) is 0 Å². The lowest BCUT2D eigenvalue weighted by Crippen LogP contribution is -2.45. The van der Waals surface area contributed by atoms with Crippen LogP contribution in [0.1, 0.15) is 13.8 Å². The van der Waals surface area contributed by atoms with Crippen molar-refractivity contribution in [1.82, 2.24) is 4.98 Å². The van der Waals surface area contributed by atoms with Crippen molar-refractivity contribution in [2.45, 2.75) is 19.4 Å². The Balaban J connectivity index is 3.17. The topological polar surface area (TPSA) is 137 Å². The summed E-state index contributed by atoms with van der Waals surface area (Å²) in [5.41, 5.74) is 9.15. The molecule has 0 radical (unpaired) electrons. The first kappa shape index (κ1) is 12.7. The van der Waals surface area contributed by atoms with E-state index in [2.05, 4.69) is 10.3 Å². The second kappa shape index (κ2) is 4.24. The smallest absolute Gasteiger partial charge is 0.311 e. The summed E-state index contributed by atoms with van der Waals surface area (Å²) in [6.45, 7) is 2.98. The van der Waals surface area contributed by atoms with Crippen LogP contribution in [0, 0.1) is 10.1 Å². The highest BCUT2D eigenvalue weighted by Gasteiger charge is 2.28. The third kappa shape index (κ3) is 2.80. The average molecular weight is 239 g/mol. The lowest BCUT2D eigenvalue weighted by Gasteiger charge is -2.22. The van der Waals surface area contributed by atoms with Crippen molar-refractivity contribution in [3.8, 4) is 0 Å². The number of pyridine rings is 1. The summed E-state index contributed by atoms with van der Waals surface area (Å²) in [5, 5.41) is 13.4. The number of anilines is 2. The number of nitrogens with zero attached hydrogens (tertiary/aromatic N) is 2. The van der Waals surface area contributed by atoms with Crippen LogP contribution in [0.2, 0.25) is 0 Å². The fourth-order valence-corrected chi connectivity index (χ4v) is 1.06. The predicted molar refractivity (Wildman–Crippen MR) is 62.2 cm³/mol. The molecule has 17 heavy (non-hydrogen) atoms. The van der Waals surface area contributed by atoms with Crippen molar-refractivity contribution < 1.29 is 9.72 Å². The summed E-state index contributed by atoms with van der Waals surface area (Å²) in [7, 11) is 0. The van der Waals surface area contributed by atoms with Gasteiger partial charge in [-0.1, -0.05) is 0 Å². The Kier molecular flexibility index (Phi) is 3.16. The monoisotopic (exact) mass is 239 g/mol. The molecule has 0 saturated carbocycles. The minimum Gasteiger partial charge on any atom is -0.384 e. The molecule has 1 aromatic heterocycles. The van der Waals surface area contributed by atoms with Gasteiger partial charge in [0.2, 0.25) is 11.7 Å². The first-order valence-electron chi connectivity index (χ1n) is 4.73. The Bertz CT molecular complexity index is 472. The lowest BCUT2D eigenvalue weighted by molar-refractivity contribution is -0.384. The first-order valence-corrected chi connectivity index (χ1v) is 4.73. The standard InChI is InChI=1S/C9H13N5O3/c1-9(2,8(11)15)13-7-5(14(16)17)3-4-6(10)12-7/h3-4H,1-2H3,(H2,11,15)(H3,10,12,13). The molecule has 1 heterocycles. The van der Waals surface area contributed by atoms with Crippen LogP contribution in [0.25, 0.3) is 0 Å². The van der Waals surface area contributed by atoms with E-state index in [4.69, 9.17) is 11.5 Å². The molecule has 0 spiro atoms. The van der Waals surface area contributed by atoms with E-state index in [-0.39, 0.29) is 17.3 Å². The highest BCUT2D eigenvalue weighted by atomic mass is 16.6. The summed E-state index contributed by atoms with van der Waals surface area (Å²) in [6, 6.07) is 2.52. The number of hydrogen-bond acceptors (Lipinski definition) is 6. The molecule has 0 fully saturated rings. The fourth-order valence-electron chi connectivity index (χ4n) is 1.06. The largest absolute Gasteiger partial charge is 0.384 e. The molecule has 8 heteroatoms. The number of carbonyl (C=O) groups excluding carboxylic acids is 1. The van der Waals surface area contributed by atoms with Crippen LogP contribution in [0.15, 0.2) is 12.1 Å². The van der Waals surface area contributed by atoms with Crippen LogP contribution in [-0.4, -0.2) is 21.4 Å². The van der Waals surface area contributed by atoms with Crippen molar-refractivity contribution in [2.24, 2.45) is 5.73 Å². The minimum absolute atomic E-state index is 0.0844. The molecule has 5 N–H and O–H groups in total. The molecule has 0 saturated heterocycles. The number of nitrogens with one attached hydrogen (secondary N) is 1. The molecular weight excluding hydrogens is 226 g/mol. The molecule has 0 atom stereocenters. The van der Waals surface area contributed by atoms with Crippen molar-refractivity contribution in [2.75, 3.05) is 11.1 Å². The van der Waals surface area contributed by atoms with Gasteiger partial charge in [-0.2, -0.15) is 0 Å². The highest BCUT2D eigenvalue weighted by Crippen LogP contribution is 2.25. The summed E-state index contributed by atoms with van der Waals surface area (Å²) >= 11 is 0. The molecule has 1 amide bonds. The van der Waals surface area contributed by atoms with Crippen LogP contribution in [0.5, 0.6) is 0 Å². The predicted octanol–water partition coefficient (Wildman–Crippen LogP) is 0.248. The maximum Gasteiger partial charge on any atom is 0.311 e. The Morgan fingerprint density at radius 1 is 1.53 bits per heavy atom. The van der Waals surface area contributed by atoms with Crippen LogP contribution in [0.4, 0.5) is 17.3 Å². The van der Waals surface area contributed by atoms with E-state index in [1.165, 1.54) is 26.0 Å². The van der Waals surface area contributed by atoms with Gasteiger partial charge in [-0.3, -0.25) is 14.9 Å². The summed E-state index contributed by atoms with van der Waals surface area (Å²) in [5.74, 6) is -0.631. The second-order valence-corrected chi connectivity index (χ2v) is 3.98. The molecule has 8 nitrogen and oxygen atoms in total. The SMILES string of the molecule is CC(C)(Nc1nc(N)ccc1[N+](=O)[O-])C(N)=O. The maximum absolute atomic E-state index is 11.1. The quantitative estimate of drug-likeness (QED) is 0.508. The Morgan fingerprint density at radius 3 is 2.59 bits per heavy atom. The number of nitrogen functional groups attached to an aromatic ring is 1. The summed E-state index contributed by atoms with van der Waals surface area (Å²) < 4.78 is 0. The van der Waals surface area contributed by atoms with Crippen LogP contribution in [0.3, 0.4) is 0 Å². The zero-order chi connectivity index (χ0) is 13.2. The van der Waals surface area contributed by atoms with Crippen LogP contribution < -0.4 is 16.8 Å². The molecule has 1 aromatic rings. The van der Waals surface area contributed by atoms with Gasteiger partial charge in [-0.15, -0.1) is 0 Å². The molecule has 92 valence electrons. The minimum atomic E-state index is -1.16. The van der Waals surface area contributed by atoms with Gasteiger partial charge in [0.1, 0.15) is 11.4 Å². The van der Waals surface area contributed by atoms with E-state index in [1.54, 1.807) is 0 Å². The number of nitro groups is 1. The third-order valence-electron chi connectivity index (χ3n) is 2.14. The molecule has 0 aliphatic heterocycles. The normalized spacial score (nSPS) is 10.9. The summed E-state index contributed by atoms with van der Waals surface area (Å²) in [4.78, 5) is 25.0. The van der Waals surface area contributed by atoms with Crippen LogP contribution >= 0.6 is 0 Å².